The summed E-state index contributed by atoms with van der Waals surface area (Å²) in [6, 6.07) is 7.99. The lowest BCUT2D eigenvalue weighted by atomic mass is 9.98. The maximum Gasteiger partial charge on any atom is 0.331 e. The predicted octanol–water partition coefficient (Wildman–Crippen LogP) is -1.40. The van der Waals surface area contributed by atoms with E-state index in [-0.39, 0.29) is 36.9 Å². The molecule has 0 unspecified atom stereocenters. The summed E-state index contributed by atoms with van der Waals surface area (Å²) in [5.74, 6) is -2.37. The van der Waals surface area contributed by atoms with Crippen molar-refractivity contribution in [2.45, 2.75) is 61.7 Å². The summed E-state index contributed by atoms with van der Waals surface area (Å²) in [7, 11) is 0. The number of rotatable bonds is 10. The molecule has 15 nitrogen and oxygen atoms in total. The molecule has 15 heteroatoms. The smallest absolute Gasteiger partial charge is 0.331 e. The maximum atomic E-state index is 12.6. The number of phenols is 4. The van der Waals surface area contributed by atoms with E-state index in [9.17, 15) is 50.8 Å². The van der Waals surface area contributed by atoms with Gasteiger partial charge in [-0.3, -0.25) is 0 Å². The van der Waals surface area contributed by atoms with Crippen molar-refractivity contribution in [1.82, 2.24) is 0 Å². The number of aromatic hydroxyl groups is 4. The lowest BCUT2D eigenvalue weighted by Crippen LogP contribution is -2.61. The molecule has 2 aromatic carbocycles. The second kappa shape index (κ2) is 14.3. The third-order valence-corrected chi connectivity index (χ3v) is 6.90. The highest BCUT2D eigenvalue weighted by Gasteiger charge is 2.48. The molecule has 0 aromatic heterocycles. The zero-order valence-electron chi connectivity index (χ0n) is 22.6. The van der Waals surface area contributed by atoms with Crippen molar-refractivity contribution in [2.24, 2.45) is 0 Å². The molecule has 0 bridgehead atoms. The minimum absolute atomic E-state index is 0.0621. The molecule has 4 rings (SSSR count). The van der Waals surface area contributed by atoms with Crippen molar-refractivity contribution < 1.29 is 74.4 Å². The predicted molar refractivity (Wildman–Crippen MR) is 143 cm³/mol. The van der Waals surface area contributed by atoms with E-state index in [2.05, 4.69) is 0 Å². The first-order valence-corrected chi connectivity index (χ1v) is 13.3. The number of carbonyl (C=O) groups is 1. The molecule has 0 spiro atoms. The van der Waals surface area contributed by atoms with Gasteiger partial charge in [-0.05, 0) is 47.9 Å². The summed E-state index contributed by atoms with van der Waals surface area (Å²) < 4.78 is 27.5. The summed E-state index contributed by atoms with van der Waals surface area (Å²) in [5, 5.41) is 89.6. The van der Waals surface area contributed by atoms with Gasteiger partial charge in [-0.2, -0.15) is 0 Å². The van der Waals surface area contributed by atoms with E-state index in [1.807, 2.05) is 0 Å². The van der Waals surface area contributed by atoms with E-state index in [4.69, 9.17) is 23.7 Å². The van der Waals surface area contributed by atoms with E-state index in [0.29, 0.717) is 11.1 Å². The molecule has 43 heavy (non-hydrogen) atoms. The van der Waals surface area contributed by atoms with Gasteiger partial charge in [0, 0.05) is 6.08 Å². The van der Waals surface area contributed by atoms with Crippen LogP contribution in [0.2, 0.25) is 0 Å². The zero-order chi connectivity index (χ0) is 31.3. The van der Waals surface area contributed by atoms with E-state index in [0.717, 1.165) is 6.08 Å². The fourth-order valence-electron chi connectivity index (χ4n) is 4.44. The van der Waals surface area contributed by atoms with Crippen molar-refractivity contribution >= 4 is 12.0 Å². The summed E-state index contributed by atoms with van der Waals surface area (Å²) in [6.45, 7) is -0.898. The monoisotopic (exact) mass is 610 g/mol. The fraction of sp³-hybridized carbons (Fsp3) is 0.464. The Morgan fingerprint density at radius 3 is 2.19 bits per heavy atom. The van der Waals surface area contributed by atoms with Gasteiger partial charge in [0.2, 0.25) is 0 Å². The Morgan fingerprint density at radius 1 is 0.814 bits per heavy atom. The van der Waals surface area contributed by atoms with Gasteiger partial charge < -0.3 is 69.6 Å². The van der Waals surface area contributed by atoms with E-state index < -0.39 is 73.6 Å². The molecule has 2 aliphatic rings. The Hall–Kier alpha value is -3.51. The second-order valence-electron chi connectivity index (χ2n) is 10.0. The Labute approximate surface area is 245 Å². The molecule has 2 aromatic rings. The van der Waals surface area contributed by atoms with Crippen molar-refractivity contribution in [3.05, 3.63) is 53.6 Å². The molecule has 9 atom stereocenters. The molecule has 0 aliphatic carbocycles. The molecule has 0 radical (unpaired) electrons. The molecular formula is C28H34O15. The van der Waals surface area contributed by atoms with Crippen LogP contribution in [0.5, 0.6) is 23.0 Å². The van der Waals surface area contributed by atoms with Crippen LogP contribution in [0.4, 0.5) is 0 Å². The highest BCUT2D eigenvalue weighted by Crippen LogP contribution is 2.29. The van der Waals surface area contributed by atoms with Gasteiger partial charge in [-0.1, -0.05) is 12.1 Å². The molecule has 9 N–H and O–H groups in total. The number of phenolic OH excluding ortho intramolecular Hbond substituents is 4. The van der Waals surface area contributed by atoms with Gasteiger partial charge >= 0.3 is 5.97 Å². The number of ether oxygens (including phenoxy) is 5. The molecule has 0 amide bonds. The minimum atomic E-state index is -1.75. The number of hydrogen-bond donors (Lipinski definition) is 9. The van der Waals surface area contributed by atoms with E-state index in [1.165, 1.54) is 36.4 Å². The Balaban J connectivity index is 1.44. The van der Waals surface area contributed by atoms with Gasteiger partial charge in [0.05, 0.1) is 19.8 Å². The first-order valence-electron chi connectivity index (χ1n) is 13.3. The highest BCUT2D eigenvalue weighted by atomic mass is 16.7. The lowest BCUT2D eigenvalue weighted by molar-refractivity contribution is -0.321. The molecule has 0 saturated carbocycles. The number of esters is 1. The minimum Gasteiger partial charge on any atom is -0.504 e. The van der Waals surface area contributed by atoms with Crippen LogP contribution in [0.3, 0.4) is 0 Å². The van der Waals surface area contributed by atoms with Crippen LogP contribution in [-0.2, 0) is 34.9 Å². The average Bonchev–Trinajstić information content (AvgIpc) is 2.98. The summed E-state index contributed by atoms with van der Waals surface area (Å²) in [4.78, 5) is 12.6. The zero-order valence-corrected chi connectivity index (χ0v) is 22.6. The Kier molecular flexibility index (Phi) is 10.8. The largest absolute Gasteiger partial charge is 0.504 e. The van der Waals surface area contributed by atoms with Crippen molar-refractivity contribution in [2.75, 3.05) is 19.8 Å². The van der Waals surface area contributed by atoms with Gasteiger partial charge in [-0.25, -0.2) is 4.79 Å². The number of benzene rings is 2. The van der Waals surface area contributed by atoms with Crippen molar-refractivity contribution in [1.29, 1.82) is 0 Å². The van der Waals surface area contributed by atoms with E-state index >= 15 is 0 Å². The van der Waals surface area contributed by atoms with Gasteiger partial charge in [-0.15, -0.1) is 0 Å². The number of carbonyl (C=O) groups excluding carboxylic acids is 1. The summed E-state index contributed by atoms with van der Waals surface area (Å²) in [6.07, 6.45) is -11.2. The third-order valence-electron chi connectivity index (χ3n) is 6.90. The molecule has 236 valence electrons. The van der Waals surface area contributed by atoms with Crippen LogP contribution < -0.4 is 0 Å². The van der Waals surface area contributed by atoms with Crippen LogP contribution in [0.15, 0.2) is 42.5 Å². The average molecular weight is 611 g/mol. The summed E-state index contributed by atoms with van der Waals surface area (Å²) in [5.41, 5.74) is 0.929. The fourth-order valence-corrected chi connectivity index (χ4v) is 4.44. The second-order valence-corrected chi connectivity index (χ2v) is 10.0. The lowest BCUT2D eigenvalue weighted by Gasteiger charge is -2.42. The Morgan fingerprint density at radius 2 is 1.49 bits per heavy atom. The van der Waals surface area contributed by atoms with Crippen LogP contribution in [-0.4, -0.2) is 127 Å². The standard InChI is InChI=1S/C28H34O15/c29-15-4-1-13(9-17(15)31)3-6-21(34)43-26-20(12-41-27-24(37)22(35)19(33)11-40-27)42-28(25(38)23(26)36)39-8-7-14-2-5-16(30)18(32)10-14/h1-6,9-10,19-20,22-33,35-38H,7-8,11-12H2/b6-3+/t19-,20+,22-,23-,24-,25+,26+,27+,28-/m1/s1. The van der Waals surface area contributed by atoms with Gasteiger partial charge in [0.15, 0.2) is 41.7 Å². The van der Waals surface area contributed by atoms with E-state index in [1.54, 1.807) is 6.07 Å². The first kappa shape index (κ1) is 32.4. The first-order chi connectivity index (χ1) is 20.4. The van der Waals surface area contributed by atoms with Crippen molar-refractivity contribution in [3.63, 3.8) is 0 Å². The van der Waals surface area contributed by atoms with Gasteiger partial charge in [0.1, 0.15) is 36.6 Å². The highest BCUT2D eigenvalue weighted by molar-refractivity contribution is 5.87. The number of aliphatic hydroxyl groups is 5. The Bertz CT molecular complexity index is 1270. The molecular weight excluding hydrogens is 576 g/mol. The SMILES string of the molecule is O=C(/C=C/c1ccc(O)c(O)c1)O[C@@H]1[C@H](O)[C@H](O)[C@H](OCCc2ccc(O)c(O)c2)O[C@H]1CO[C@@H]1OC[C@@H](O)[C@@H](O)[C@H]1O. The number of aliphatic hydroxyl groups excluding tert-OH is 5. The van der Waals surface area contributed by atoms with Crippen molar-refractivity contribution in [3.8, 4) is 23.0 Å². The summed E-state index contributed by atoms with van der Waals surface area (Å²) >= 11 is 0. The van der Waals surface area contributed by atoms with Crippen LogP contribution >= 0.6 is 0 Å². The molecule has 2 saturated heterocycles. The topological polar surface area (TPSA) is 245 Å². The van der Waals surface area contributed by atoms with Gasteiger partial charge in [0.25, 0.3) is 0 Å². The number of hydrogen-bond acceptors (Lipinski definition) is 15. The van der Waals surface area contributed by atoms with Crippen LogP contribution in [0.1, 0.15) is 11.1 Å². The third kappa shape index (κ3) is 8.11. The molecule has 2 fully saturated rings. The normalized spacial score (nSPS) is 31.2. The molecule has 2 heterocycles. The maximum absolute atomic E-state index is 12.6. The van der Waals surface area contributed by atoms with Crippen LogP contribution in [0, 0.1) is 0 Å². The molecule has 2 aliphatic heterocycles. The quantitative estimate of drug-likeness (QED) is 0.0853. The van der Waals surface area contributed by atoms with Crippen LogP contribution in [0.25, 0.3) is 6.08 Å².